The van der Waals surface area contributed by atoms with Gasteiger partial charge >= 0.3 is 0 Å². The van der Waals surface area contributed by atoms with Gasteiger partial charge in [0.1, 0.15) is 0 Å². The van der Waals surface area contributed by atoms with E-state index < -0.39 is 0 Å². The fourth-order valence-corrected chi connectivity index (χ4v) is 9.74. The molecule has 0 N–H and O–H groups in total. The molecule has 0 unspecified atom stereocenters. The molecule has 7 aromatic carbocycles. The molecule has 3 heterocycles. The van der Waals surface area contributed by atoms with Crippen molar-refractivity contribution in [3.63, 3.8) is 0 Å². The van der Waals surface area contributed by atoms with Gasteiger partial charge in [-0.3, -0.25) is 0 Å². The van der Waals surface area contributed by atoms with Crippen molar-refractivity contribution in [2.45, 2.75) is 19.3 Å². The molecule has 11 rings (SSSR count). The molecule has 5 heteroatoms. The van der Waals surface area contributed by atoms with E-state index in [0.717, 1.165) is 16.7 Å². The average Bonchev–Trinajstić information content (AvgIpc) is 3.83. The van der Waals surface area contributed by atoms with E-state index in [0.29, 0.717) is 17.5 Å². The lowest BCUT2D eigenvalue weighted by Gasteiger charge is -2.23. The Labute approximate surface area is 310 Å². The number of thiophene rings is 1. The fourth-order valence-electron chi connectivity index (χ4n) is 8.56. The Morgan fingerprint density at radius 2 is 1.06 bits per heavy atom. The second kappa shape index (κ2) is 11.3. The SMILES string of the molecule is CC1(C)c2ccccc2-c2ccc3c4ccccc4n(-c4ccc5c(c4)sc4cc(-c6nc(-c7ccccc7)nc(-c7ccccc7)n6)ccc45)c3c21. The standard InChI is InChI=1S/C48H32N4S/c1-48(2)39-19-11-9-17-33(39)37-25-26-38-34-18-10-12-20-40(34)52(44(38)43(37)48)32-22-24-36-35-23-21-31(27-41(35)53-42(36)28-32)47-50-45(29-13-5-3-6-14-29)49-46(51-47)30-15-7-4-8-16-30/h3-28H,1-2H3. The van der Waals surface area contributed by atoms with Gasteiger partial charge in [0.25, 0.3) is 0 Å². The van der Waals surface area contributed by atoms with Crippen molar-refractivity contribution in [1.29, 1.82) is 0 Å². The molecule has 53 heavy (non-hydrogen) atoms. The molecule has 0 amide bonds. The largest absolute Gasteiger partial charge is 0.309 e. The number of hydrogen-bond donors (Lipinski definition) is 0. The van der Waals surface area contributed by atoms with Crippen LogP contribution in [-0.4, -0.2) is 19.5 Å². The third-order valence-corrected chi connectivity index (χ3v) is 12.1. The maximum Gasteiger partial charge on any atom is 0.164 e. The monoisotopic (exact) mass is 696 g/mol. The van der Waals surface area contributed by atoms with Crippen LogP contribution in [0.5, 0.6) is 0 Å². The summed E-state index contributed by atoms with van der Waals surface area (Å²) in [7, 11) is 0. The minimum absolute atomic E-state index is 0.133. The van der Waals surface area contributed by atoms with Crippen LogP contribution in [0.1, 0.15) is 25.0 Å². The Balaban J connectivity index is 1.09. The molecule has 0 fully saturated rings. The van der Waals surface area contributed by atoms with E-state index in [1.165, 1.54) is 69.9 Å². The topological polar surface area (TPSA) is 43.6 Å². The molecule has 0 spiro atoms. The van der Waals surface area contributed by atoms with Crippen molar-refractivity contribution in [3.8, 4) is 51.0 Å². The quantitative estimate of drug-likeness (QED) is 0.184. The summed E-state index contributed by atoms with van der Waals surface area (Å²) in [5, 5.41) is 5.06. The van der Waals surface area contributed by atoms with Gasteiger partial charge in [-0.25, -0.2) is 15.0 Å². The van der Waals surface area contributed by atoms with Crippen LogP contribution in [0.15, 0.2) is 158 Å². The Kier molecular flexibility index (Phi) is 6.43. The van der Waals surface area contributed by atoms with Crippen LogP contribution in [0, 0.1) is 0 Å². The van der Waals surface area contributed by atoms with E-state index in [9.17, 15) is 0 Å². The molecule has 250 valence electrons. The lowest BCUT2D eigenvalue weighted by Crippen LogP contribution is -2.16. The van der Waals surface area contributed by atoms with Crippen LogP contribution < -0.4 is 0 Å². The molecule has 0 radical (unpaired) electrons. The molecule has 3 aromatic heterocycles. The number of benzene rings is 7. The third-order valence-electron chi connectivity index (χ3n) is 11.0. The highest BCUT2D eigenvalue weighted by Gasteiger charge is 2.38. The summed E-state index contributed by atoms with van der Waals surface area (Å²) in [6.45, 7) is 4.76. The third kappa shape index (κ3) is 4.51. The zero-order chi connectivity index (χ0) is 35.3. The average molecular weight is 697 g/mol. The zero-order valence-corrected chi connectivity index (χ0v) is 30.0. The van der Waals surface area contributed by atoms with E-state index in [2.05, 4.69) is 115 Å². The van der Waals surface area contributed by atoms with Gasteiger partial charge in [0.15, 0.2) is 17.5 Å². The van der Waals surface area contributed by atoms with Crippen molar-refractivity contribution < 1.29 is 0 Å². The van der Waals surface area contributed by atoms with Gasteiger partial charge in [0, 0.05) is 58.7 Å². The van der Waals surface area contributed by atoms with Crippen molar-refractivity contribution in [2.24, 2.45) is 0 Å². The number of aromatic nitrogens is 4. The highest BCUT2D eigenvalue weighted by atomic mass is 32.1. The van der Waals surface area contributed by atoms with Crippen LogP contribution in [0.25, 0.3) is 93.0 Å². The van der Waals surface area contributed by atoms with E-state index in [4.69, 9.17) is 15.0 Å². The Morgan fingerprint density at radius 3 is 1.79 bits per heavy atom. The molecule has 0 saturated heterocycles. The van der Waals surface area contributed by atoms with E-state index in [1.54, 1.807) is 0 Å². The van der Waals surface area contributed by atoms with Gasteiger partial charge in [0.05, 0.1) is 11.0 Å². The zero-order valence-electron chi connectivity index (χ0n) is 29.2. The Bertz CT molecular complexity index is 3020. The van der Waals surface area contributed by atoms with Crippen molar-refractivity contribution >= 4 is 53.3 Å². The second-order valence-corrected chi connectivity index (χ2v) is 15.5. The smallest absolute Gasteiger partial charge is 0.164 e. The van der Waals surface area contributed by atoms with Crippen LogP contribution in [0.3, 0.4) is 0 Å². The summed E-state index contributed by atoms with van der Waals surface area (Å²) in [4.78, 5) is 14.9. The van der Waals surface area contributed by atoms with Crippen molar-refractivity contribution in [2.75, 3.05) is 0 Å². The maximum atomic E-state index is 5.00. The number of nitrogens with zero attached hydrogens (tertiary/aromatic N) is 4. The number of fused-ring (bicyclic) bond motifs is 10. The lowest BCUT2D eigenvalue weighted by atomic mass is 9.81. The van der Waals surface area contributed by atoms with Crippen LogP contribution in [0.2, 0.25) is 0 Å². The van der Waals surface area contributed by atoms with Crippen LogP contribution in [-0.2, 0) is 5.41 Å². The molecule has 0 saturated carbocycles. The number of para-hydroxylation sites is 1. The fraction of sp³-hybridized carbons (Fsp3) is 0.0625. The molecule has 0 bridgehead atoms. The summed E-state index contributed by atoms with van der Waals surface area (Å²) >= 11 is 1.82. The summed E-state index contributed by atoms with van der Waals surface area (Å²) in [6, 6.07) is 56.3. The van der Waals surface area contributed by atoms with Gasteiger partial charge in [-0.05, 0) is 46.5 Å². The summed E-state index contributed by atoms with van der Waals surface area (Å²) in [6.07, 6.45) is 0. The minimum Gasteiger partial charge on any atom is -0.309 e. The van der Waals surface area contributed by atoms with Gasteiger partial charge in [0.2, 0.25) is 0 Å². The summed E-state index contributed by atoms with van der Waals surface area (Å²) in [5.41, 5.74) is 11.9. The minimum atomic E-state index is -0.133. The molecular weight excluding hydrogens is 665 g/mol. The normalized spacial score (nSPS) is 13.2. The van der Waals surface area contributed by atoms with Crippen LogP contribution in [0.4, 0.5) is 0 Å². The summed E-state index contributed by atoms with van der Waals surface area (Å²) < 4.78 is 4.96. The van der Waals surface area contributed by atoms with Gasteiger partial charge in [-0.2, -0.15) is 0 Å². The van der Waals surface area contributed by atoms with Gasteiger partial charge < -0.3 is 4.57 Å². The number of rotatable bonds is 4. The molecule has 1 aliphatic rings. The molecule has 0 atom stereocenters. The van der Waals surface area contributed by atoms with E-state index in [-0.39, 0.29) is 5.41 Å². The first-order valence-corrected chi connectivity index (χ1v) is 18.9. The highest BCUT2D eigenvalue weighted by molar-refractivity contribution is 7.25. The first-order valence-electron chi connectivity index (χ1n) is 18.0. The van der Waals surface area contributed by atoms with E-state index in [1.807, 2.05) is 72.0 Å². The van der Waals surface area contributed by atoms with Gasteiger partial charge in [-0.15, -0.1) is 11.3 Å². The molecule has 0 aliphatic heterocycles. The summed E-state index contributed by atoms with van der Waals surface area (Å²) in [5.74, 6) is 2.00. The number of hydrogen-bond acceptors (Lipinski definition) is 4. The molecule has 10 aromatic rings. The first kappa shape index (κ1) is 30.2. The van der Waals surface area contributed by atoms with Gasteiger partial charge in [-0.1, -0.05) is 147 Å². The highest BCUT2D eigenvalue weighted by Crippen LogP contribution is 2.53. The molecular formula is C48H32N4S. The van der Waals surface area contributed by atoms with Crippen molar-refractivity contribution in [3.05, 3.63) is 169 Å². The Hall–Kier alpha value is -6.43. The van der Waals surface area contributed by atoms with Crippen molar-refractivity contribution in [1.82, 2.24) is 19.5 Å². The second-order valence-electron chi connectivity index (χ2n) is 14.4. The molecule has 4 nitrogen and oxygen atoms in total. The Morgan fingerprint density at radius 1 is 0.472 bits per heavy atom. The predicted molar refractivity (Wildman–Crippen MR) is 221 cm³/mol. The van der Waals surface area contributed by atoms with E-state index >= 15 is 0 Å². The predicted octanol–water partition coefficient (Wildman–Crippen LogP) is 12.6. The maximum absolute atomic E-state index is 5.00. The van der Waals surface area contributed by atoms with Crippen LogP contribution >= 0.6 is 11.3 Å². The molecule has 1 aliphatic carbocycles. The first-order chi connectivity index (χ1) is 26.0. The lowest BCUT2D eigenvalue weighted by molar-refractivity contribution is 0.664.